The highest BCUT2D eigenvalue weighted by Gasteiger charge is 2.05. The van der Waals surface area contributed by atoms with Gasteiger partial charge in [-0.1, -0.05) is 6.07 Å². The molecular formula is C9H10N2O2S. The molecule has 4 nitrogen and oxygen atoms in total. The molecule has 1 aromatic rings. The number of nitrogens with two attached hydrogens (primary N) is 1. The normalized spacial score (nSPS) is 9.50. The van der Waals surface area contributed by atoms with Crippen LogP contribution in [-0.4, -0.2) is 18.4 Å². The van der Waals surface area contributed by atoms with Crippen LogP contribution in [0.4, 0.5) is 0 Å². The van der Waals surface area contributed by atoms with E-state index >= 15 is 0 Å². The van der Waals surface area contributed by atoms with Crippen LogP contribution in [0.2, 0.25) is 0 Å². The molecule has 0 atom stereocenters. The van der Waals surface area contributed by atoms with Gasteiger partial charge in [0.05, 0.1) is 6.54 Å². The summed E-state index contributed by atoms with van der Waals surface area (Å²) in [6.45, 7) is -0.157. The molecule has 0 aliphatic heterocycles. The first kappa shape index (κ1) is 10.6. The van der Waals surface area contributed by atoms with E-state index in [9.17, 15) is 9.59 Å². The minimum Gasteiger partial charge on any atom is -0.368 e. The van der Waals surface area contributed by atoms with Gasteiger partial charge in [-0.25, -0.2) is 0 Å². The second kappa shape index (κ2) is 4.66. The zero-order chi connectivity index (χ0) is 10.6. The van der Waals surface area contributed by atoms with E-state index in [1.807, 2.05) is 0 Å². The van der Waals surface area contributed by atoms with Gasteiger partial charge in [0.15, 0.2) is 0 Å². The molecule has 0 aliphatic carbocycles. The van der Waals surface area contributed by atoms with Crippen molar-refractivity contribution in [1.29, 1.82) is 0 Å². The topological polar surface area (TPSA) is 72.2 Å². The monoisotopic (exact) mass is 210 g/mol. The lowest BCUT2D eigenvalue weighted by Crippen LogP contribution is -2.33. The van der Waals surface area contributed by atoms with Crippen molar-refractivity contribution in [3.05, 3.63) is 29.8 Å². The summed E-state index contributed by atoms with van der Waals surface area (Å²) in [5, 5.41) is 2.38. The largest absolute Gasteiger partial charge is 0.368 e. The van der Waals surface area contributed by atoms with Gasteiger partial charge in [0.2, 0.25) is 5.91 Å². The van der Waals surface area contributed by atoms with E-state index in [4.69, 9.17) is 5.73 Å². The van der Waals surface area contributed by atoms with Crippen LogP contribution in [0.25, 0.3) is 0 Å². The molecule has 14 heavy (non-hydrogen) atoms. The predicted molar refractivity (Wildman–Crippen MR) is 55.2 cm³/mol. The summed E-state index contributed by atoms with van der Waals surface area (Å²) >= 11 is 4.09. The van der Waals surface area contributed by atoms with Gasteiger partial charge in [-0.3, -0.25) is 9.59 Å². The number of hydrogen-bond donors (Lipinski definition) is 3. The number of hydrogen-bond acceptors (Lipinski definition) is 3. The molecule has 0 saturated carbocycles. The van der Waals surface area contributed by atoms with E-state index in [2.05, 4.69) is 17.9 Å². The lowest BCUT2D eigenvalue weighted by molar-refractivity contribution is -0.117. The molecule has 3 N–H and O–H groups in total. The fourth-order valence-corrected chi connectivity index (χ4v) is 1.14. The van der Waals surface area contributed by atoms with Crippen molar-refractivity contribution in [3.63, 3.8) is 0 Å². The van der Waals surface area contributed by atoms with Crippen LogP contribution in [-0.2, 0) is 4.79 Å². The first-order valence-electron chi connectivity index (χ1n) is 3.95. The van der Waals surface area contributed by atoms with Gasteiger partial charge in [-0.2, -0.15) is 0 Å². The molecule has 0 aliphatic rings. The minimum atomic E-state index is -0.569. The summed E-state index contributed by atoms with van der Waals surface area (Å²) in [6.07, 6.45) is 0. The van der Waals surface area contributed by atoms with Crippen molar-refractivity contribution in [1.82, 2.24) is 5.32 Å². The van der Waals surface area contributed by atoms with Gasteiger partial charge in [-0.15, -0.1) is 12.6 Å². The second-order valence-electron chi connectivity index (χ2n) is 2.70. The number of amides is 2. The van der Waals surface area contributed by atoms with E-state index in [-0.39, 0.29) is 12.5 Å². The Morgan fingerprint density at radius 1 is 1.43 bits per heavy atom. The third-order valence-electron chi connectivity index (χ3n) is 1.53. The van der Waals surface area contributed by atoms with Gasteiger partial charge in [0.1, 0.15) is 0 Å². The highest BCUT2D eigenvalue weighted by Crippen LogP contribution is 2.08. The van der Waals surface area contributed by atoms with Crippen LogP contribution in [0.15, 0.2) is 29.2 Å². The van der Waals surface area contributed by atoms with Gasteiger partial charge in [-0.05, 0) is 18.2 Å². The van der Waals surface area contributed by atoms with Crippen molar-refractivity contribution in [3.8, 4) is 0 Å². The Morgan fingerprint density at radius 3 is 2.71 bits per heavy atom. The molecule has 0 radical (unpaired) electrons. The van der Waals surface area contributed by atoms with Gasteiger partial charge in [0.25, 0.3) is 5.91 Å². The highest BCUT2D eigenvalue weighted by atomic mass is 32.1. The summed E-state index contributed by atoms with van der Waals surface area (Å²) in [4.78, 5) is 22.4. The van der Waals surface area contributed by atoms with Gasteiger partial charge < -0.3 is 11.1 Å². The number of nitrogens with one attached hydrogen (secondary N) is 1. The third-order valence-corrected chi connectivity index (χ3v) is 1.81. The number of primary amides is 1. The Balaban J connectivity index is 2.65. The quantitative estimate of drug-likeness (QED) is 0.623. The first-order chi connectivity index (χ1) is 6.59. The Hall–Kier alpha value is -1.49. The summed E-state index contributed by atoms with van der Waals surface area (Å²) in [6, 6.07) is 6.71. The maximum atomic E-state index is 11.3. The Bertz CT molecular complexity index is 366. The molecule has 1 aromatic carbocycles. The highest BCUT2D eigenvalue weighted by molar-refractivity contribution is 7.80. The predicted octanol–water partition coefficient (Wildman–Crippen LogP) is 0.190. The number of rotatable bonds is 3. The number of carbonyl (C=O) groups is 2. The molecule has 0 saturated heterocycles. The summed E-state index contributed by atoms with van der Waals surface area (Å²) < 4.78 is 0. The number of carbonyl (C=O) groups excluding carboxylic acids is 2. The molecule has 0 aromatic heterocycles. The molecule has 0 heterocycles. The number of benzene rings is 1. The lowest BCUT2D eigenvalue weighted by atomic mass is 10.2. The van der Waals surface area contributed by atoms with Gasteiger partial charge in [0, 0.05) is 10.5 Å². The molecule has 2 amide bonds. The Labute approximate surface area is 86.9 Å². The summed E-state index contributed by atoms with van der Waals surface area (Å²) in [5.74, 6) is -0.903. The van der Waals surface area contributed by atoms with Gasteiger partial charge >= 0.3 is 0 Å². The second-order valence-corrected chi connectivity index (χ2v) is 3.22. The van der Waals surface area contributed by atoms with Crippen LogP contribution >= 0.6 is 12.6 Å². The standard InChI is InChI=1S/C9H10N2O2S/c10-8(12)5-11-9(13)6-2-1-3-7(14)4-6/h1-4,14H,5H2,(H2,10,12)(H,11,13). The van der Waals surface area contributed by atoms with Crippen LogP contribution in [0.3, 0.4) is 0 Å². The van der Waals surface area contributed by atoms with Crippen molar-refractivity contribution in [2.24, 2.45) is 5.73 Å². The maximum Gasteiger partial charge on any atom is 0.251 e. The van der Waals surface area contributed by atoms with Crippen LogP contribution in [0, 0.1) is 0 Å². The van der Waals surface area contributed by atoms with Crippen molar-refractivity contribution in [2.75, 3.05) is 6.54 Å². The molecule has 5 heteroatoms. The van der Waals surface area contributed by atoms with Crippen LogP contribution in [0.1, 0.15) is 10.4 Å². The average Bonchev–Trinajstić information content (AvgIpc) is 2.14. The zero-order valence-electron chi connectivity index (χ0n) is 7.36. The fraction of sp³-hybridized carbons (Fsp3) is 0.111. The number of thiol groups is 1. The molecular weight excluding hydrogens is 200 g/mol. The molecule has 0 spiro atoms. The van der Waals surface area contributed by atoms with E-state index in [1.165, 1.54) is 0 Å². The first-order valence-corrected chi connectivity index (χ1v) is 4.40. The Kier molecular flexibility index (Phi) is 3.53. The third kappa shape index (κ3) is 3.10. The van der Waals surface area contributed by atoms with Crippen molar-refractivity contribution in [2.45, 2.75) is 4.90 Å². The fourth-order valence-electron chi connectivity index (χ4n) is 0.917. The SMILES string of the molecule is NC(=O)CNC(=O)c1cccc(S)c1. The molecule has 1 rings (SSSR count). The van der Waals surface area contributed by atoms with E-state index < -0.39 is 5.91 Å². The van der Waals surface area contributed by atoms with Crippen molar-refractivity contribution < 1.29 is 9.59 Å². The minimum absolute atomic E-state index is 0.157. The van der Waals surface area contributed by atoms with Crippen molar-refractivity contribution >= 4 is 24.4 Å². The molecule has 0 unspecified atom stereocenters. The van der Waals surface area contributed by atoms with Crippen LogP contribution < -0.4 is 11.1 Å². The van der Waals surface area contributed by atoms with E-state index in [0.29, 0.717) is 10.5 Å². The molecule has 0 fully saturated rings. The molecule has 0 bridgehead atoms. The summed E-state index contributed by atoms with van der Waals surface area (Å²) in [5.41, 5.74) is 5.34. The lowest BCUT2D eigenvalue weighted by Gasteiger charge is -2.02. The Morgan fingerprint density at radius 2 is 2.14 bits per heavy atom. The van der Waals surface area contributed by atoms with E-state index in [1.54, 1.807) is 24.3 Å². The summed E-state index contributed by atoms with van der Waals surface area (Å²) in [7, 11) is 0. The smallest absolute Gasteiger partial charge is 0.251 e. The maximum absolute atomic E-state index is 11.3. The molecule has 74 valence electrons. The van der Waals surface area contributed by atoms with E-state index in [0.717, 1.165) is 0 Å². The van der Waals surface area contributed by atoms with Crippen LogP contribution in [0.5, 0.6) is 0 Å². The zero-order valence-corrected chi connectivity index (χ0v) is 8.25. The average molecular weight is 210 g/mol.